The van der Waals surface area contributed by atoms with Gasteiger partial charge in [0.25, 0.3) is 0 Å². The van der Waals surface area contributed by atoms with Gasteiger partial charge < -0.3 is 4.74 Å². The van der Waals surface area contributed by atoms with E-state index in [4.69, 9.17) is 10.6 Å². The average molecular weight is 270 g/mol. The Morgan fingerprint density at radius 2 is 2.30 bits per heavy atom. The fourth-order valence-electron chi connectivity index (χ4n) is 3.01. The van der Waals surface area contributed by atoms with Gasteiger partial charge in [-0.05, 0) is 30.5 Å². The van der Waals surface area contributed by atoms with Gasteiger partial charge in [-0.15, -0.1) is 0 Å². The lowest BCUT2D eigenvalue weighted by Gasteiger charge is -2.24. The van der Waals surface area contributed by atoms with E-state index in [1.54, 1.807) is 19.5 Å². The number of nitrogens with two attached hydrogens (primary N) is 1. The van der Waals surface area contributed by atoms with Crippen LogP contribution in [0.5, 0.6) is 5.75 Å². The second-order valence-electron chi connectivity index (χ2n) is 4.95. The topological polar surface area (TPSA) is 73.1 Å². The first-order valence-electron chi connectivity index (χ1n) is 6.73. The van der Waals surface area contributed by atoms with Gasteiger partial charge in [-0.25, -0.2) is 0 Å². The van der Waals surface area contributed by atoms with Crippen molar-refractivity contribution in [2.24, 2.45) is 5.84 Å². The quantitative estimate of drug-likeness (QED) is 0.653. The first kappa shape index (κ1) is 13.0. The summed E-state index contributed by atoms with van der Waals surface area (Å²) < 4.78 is 5.40. The van der Waals surface area contributed by atoms with Crippen LogP contribution in [0.2, 0.25) is 0 Å². The standard InChI is InChI=1S/C15H18N4O/c1-20-13-9-17-8-6-11(13)15(19-16)12-5-4-10-3-2-7-18-14(10)12/h2-3,6-9,12,15,19H,4-5,16H2,1H3. The van der Waals surface area contributed by atoms with Crippen LogP contribution in [0.4, 0.5) is 0 Å². The average Bonchev–Trinajstić information content (AvgIpc) is 2.93. The molecule has 0 saturated carbocycles. The molecule has 0 spiro atoms. The van der Waals surface area contributed by atoms with Crippen LogP contribution in [-0.4, -0.2) is 17.1 Å². The summed E-state index contributed by atoms with van der Waals surface area (Å²) in [4.78, 5) is 8.63. The third-order valence-corrected chi connectivity index (χ3v) is 3.96. The van der Waals surface area contributed by atoms with Crippen molar-refractivity contribution < 1.29 is 4.74 Å². The second-order valence-corrected chi connectivity index (χ2v) is 4.95. The number of rotatable bonds is 4. The number of nitrogens with zero attached hydrogens (tertiary/aromatic N) is 2. The Morgan fingerprint density at radius 1 is 1.40 bits per heavy atom. The number of hydrogen-bond acceptors (Lipinski definition) is 5. The van der Waals surface area contributed by atoms with Crippen LogP contribution in [0.25, 0.3) is 0 Å². The van der Waals surface area contributed by atoms with Gasteiger partial charge in [-0.2, -0.15) is 0 Å². The summed E-state index contributed by atoms with van der Waals surface area (Å²) in [5, 5.41) is 0. The second kappa shape index (κ2) is 5.56. The van der Waals surface area contributed by atoms with Gasteiger partial charge in [-0.3, -0.25) is 21.2 Å². The summed E-state index contributed by atoms with van der Waals surface area (Å²) in [6.45, 7) is 0. The van der Waals surface area contributed by atoms with Crippen LogP contribution in [-0.2, 0) is 6.42 Å². The van der Waals surface area contributed by atoms with Crippen molar-refractivity contribution in [3.8, 4) is 5.75 Å². The molecule has 0 fully saturated rings. The van der Waals surface area contributed by atoms with Gasteiger partial charge in [0.15, 0.2) is 0 Å². The number of ether oxygens (including phenoxy) is 1. The molecule has 2 unspecified atom stereocenters. The molecule has 3 rings (SSSR count). The molecule has 0 amide bonds. The highest BCUT2D eigenvalue weighted by Gasteiger charge is 2.32. The van der Waals surface area contributed by atoms with Crippen LogP contribution >= 0.6 is 0 Å². The van der Waals surface area contributed by atoms with Crippen LogP contribution < -0.4 is 16.0 Å². The summed E-state index contributed by atoms with van der Waals surface area (Å²) in [7, 11) is 1.65. The van der Waals surface area contributed by atoms with Crippen LogP contribution in [0.3, 0.4) is 0 Å². The van der Waals surface area contributed by atoms with Crippen molar-refractivity contribution in [3.63, 3.8) is 0 Å². The van der Waals surface area contributed by atoms with Gasteiger partial charge in [-0.1, -0.05) is 6.07 Å². The fraction of sp³-hybridized carbons (Fsp3) is 0.333. The minimum atomic E-state index is -0.0240. The van der Waals surface area contributed by atoms with Gasteiger partial charge in [0.2, 0.25) is 0 Å². The number of nitrogens with one attached hydrogen (secondary N) is 1. The van der Waals surface area contributed by atoms with Crippen molar-refractivity contribution in [3.05, 3.63) is 53.6 Å². The summed E-state index contributed by atoms with van der Waals surface area (Å²) in [6, 6.07) is 6.05. The predicted molar refractivity (Wildman–Crippen MR) is 76.2 cm³/mol. The Hall–Kier alpha value is -1.98. The molecule has 0 aromatic carbocycles. The Morgan fingerprint density at radius 3 is 3.10 bits per heavy atom. The lowest BCUT2D eigenvalue weighted by atomic mass is 9.91. The first-order valence-corrected chi connectivity index (χ1v) is 6.73. The predicted octanol–water partition coefficient (Wildman–Crippen LogP) is 1.72. The molecule has 1 aliphatic carbocycles. The zero-order valence-corrected chi connectivity index (χ0v) is 11.4. The van der Waals surface area contributed by atoms with E-state index in [0.717, 1.165) is 29.8 Å². The minimum Gasteiger partial charge on any atom is -0.495 e. The maximum absolute atomic E-state index is 5.81. The molecule has 3 N–H and O–H groups in total. The van der Waals surface area contributed by atoms with E-state index in [0.29, 0.717) is 0 Å². The lowest BCUT2D eigenvalue weighted by molar-refractivity contribution is 0.382. The fourth-order valence-corrected chi connectivity index (χ4v) is 3.01. The Labute approximate surface area is 118 Å². The highest BCUT2D eigenvalue weighted by atomic mass is 16.5. The Balaban J connectivity index is 1.99. The molecule has 1 aliphatic rings. The van der Waals surface area contributed by atoms with Crippen LogP contribution in [0.1, 0.15) is 35.2 Å². The molecule has 5 heteroatoms. The van der Waals surface area contributed by atoms with Gasteiger partial charge in [0, 0.05) is 29.6 Å². The molecule has 2 aromatic heterocycles. The molecular formula is C15H18N4O. The zero-order valence-electron chi connectivity index (χ0n) is 11.4. The van der Waals surface area contributed by atoms with Gasteiger partial charge in [0.1, 0.15) is 5.75 Å². The van der Waals surface area contributed by atoms with Crippen molar-refractivity contribution >= 4 is 0 Å². The van der Waals surface area contributed by atoms with E-state index in [-0.39, 0.29) is 12.0 Å². The first-order chi connectivity index (χ1) is 9.85. The van der Waals surface area contributed by atoms with E-state index in [9.17, 15) is 0 Å². The summed E-state index contributed by atoms with van der Waals surface area (Å²) >= 11 is 0. The maximum Gasteiger partial charge on any atom is 0.141 e. The molecular weight excluding hydrogens is 252 g/mol. The highest BCUT2D eigenvalue weighted by Crippen LogP contribution is 2.42. The van der Waals surface area contributed by atoms with Crippen molar-refractivity contribution in [1.82, 2.24) is 15.4 Å². The summed E-state index contributed by atoms with van der Waals surface area (Å²) in [5.41, 5.74) is 6.39. The molecule has 5 nitrogen and oxygen atoms in total. The molecule has 0 saturated heterocycles. The molecule has 2 heterocycles. The summed E-state index contributed by atoms with van der Waals surface area (Å²) in [6.07, 6.45) is 7.39. The number of aromatic nitrogens is 2. The number of pyridine rings is 2. The molecule has 0 bridgehead atoms. The Kier molecular flexibility index (Phi) is 3.62. The van der Waals surface area contributed by atoms with Crippen LogP contribution in [0.15, 0.2) is 36.8 Å². The smallest absolute Gasteiger partial charge is 0.141 e. The van der Waals surface area contributed by atoms with Crippen molar-refractivity contribution in [2.75, 3.05) is 7.11 Å². The third kappa shape index (κ3) is 2.15. The number of hydrogen-bond donors (Lipinski definition) is 2. The van der Waals surface area contributed by atoms with Gasteiger partial charge >= 0.3 is 0 Å². The summed E-state index contributed by atoms with van der Waals surface area (Å²) in [5.74, 6) is 6.82. The van der Waals surface area contributed by atoms with Crippen molar-refractivity contribution in [1.29, 1.82) is 0 Å². The van der Waals surface area contributed by atoms with E-state index in [2.05, 4.69) is 21.5 Å². The monoisotopic (exact) mass is 270 g/mol. The number of methoxy groups -OCH3 is 1. The van der Waals surface area contributed by atoms with Gasteiger partial charge in [0.05, 0.1) is 19.3 Å². The molecule has 104 valence electrons. The van der Waals surface area contributed by atoms with E-state index in [1.807, 2.05) is 18.3 Å². The zero-order chi connectivity index (χ0) is 13.9. The minimum absolute atomic E-state index is 0.0240. The maximum atomic E-state index is 5.81. The SMILES string of the molecule is COc1cnccc1C(NN)C1CCc2cccnc21. The number of aryl methyl sites for hydroxylation is 1. The normalized spacial score (nSPS) is 18.6. The molecule has 2 aromatic rings. The number of fused-ring (bicyclic) bond motifs is 1. The largest absolute Gasteiger partial charge is 0.495 e. The van der Waals surface area contributed by atoms with E-state index in [1.165, 1.54) is 5.56 Å². The van der Waals surface area contributed by atoms with E-state index >= 15 is 0 Å². The van der Waals surface area contributed by atoms with E-state index < -0.39 is 0 Å². The number of hydrazine groups is 1. The molecule has 2 atom stereocenters. The third-order valence-electron chi connectivity index (χ3n) is 3.96. The molecule has 20 heavy (non-hydrogen) atoms. The molecule has 0 aliphatic heterocycles. The van der Waals surface area contributed by atoms with Crippen LogP contribution in [0, 0.1) is 0 Å². The lowest BCUT2D eigenvalue weighted by Crippen LogP contribution is -2.32. The highest BCUT2D eigenvalue weighted by molar-refractivity contribution is 5.38. The molecule has 0 radical (unpaired) electrons. The Bertz CT molecular complexity index is 602. The van der Waals surface area contributed by atoms with Crippen molar-refractivity contribution in [2.45, 2.75) is 24.8 Å².